The Bertz CT molecular complexity index is 605. The fourth-order valence-electron chi connectivity index (χ4n) is 2.73. The van der Waals surface area contributed by atoms with Crippen LogP contribution < -0.4 is 25.0 Å². The number of ether oxygens (including phenoxy) is 2. The summed E-state index contributed by atoms with van der Waals surface area (Å²) >= 11 is 0. The molecule has 124 valence electrons. The molecule has 0 aliphatic carbocycles. The lowest BCUT2D eigenvalue weighted by Crippen LogP contribution is -2.43. The molecule has 0 bridgehead atoms. The van der Waals surface area contributed by atoms with Crippen molar-refractivity contribution in [2.24, 2.45) is 0 Å². The van der Waals surface area contributed by atoms with Crippen LogP contribution >= 0.6 is 0 Å². The summed E-state index contributed by atoms with van der Waals surface area (Å²) in [5, 5.41) is 5.59. The highest BCUT2D eigenvalue weighted by Crippen LogP contribution is 2.35. The minimum absolute atomic E-state index is 0.0116. The first-order valence-corrected chi connectivity index (χ1v) is 7.91. The molecule has 2 N–H and O–H groups in total. The molecule has 1 atom stereocenters. The van der Waals surface area contributed by atoms with Crippen molar-refractivity contribution < 1.29 is 19.1 Å². The Morgan fingerprint density at radius 2 is 2.09 bits per heavy atom. The van der Waals surface area contributed by atoms with Gasteiger partial charge in [-0.05, 0) is 18.6 Å². The second-order valence-electron chi connectivity index (χ2n) is 5.63. The number of hydrogen-bond acceptors (Lipinski definition) is 4. The van der Waals surface area contributed by atoms with Crippen LogP contribution in [-0.4, -0.2) is 44.3 Å². The van der Waals surface area contributed by atoms with Crippen LogP contribution in [0.15, 0.2) is 18.2 Å². The maximum Gasteiger partial charge on any atom is 0.315 e. The smallest absolute Gasteiger partial charge is 0.315 e. The van der Waals surface area contributed by atoms with Gasteiger partial charge in [-0.2, -0.15) is 0 Å². The fourth-order valence-corrected chi connectivity index (χ4v) is 2.73. The van der Waals surface area contributed by atoms with Crippen LogP contribution in [0.25, 0.3) is 0 Å². The van der Waals surface area contributed by atoms with Crippen LogP contribution in [0.1, 0.15) is 19.8 Å². The summed E-state index contributed by atoms with van der Waals surface area (Å²) in [6, 6.07) is 5.05. The van der Waals surface area contributed by atoms with Gasteiger partial charge in [-0.3, -0.25) is 4.79 Å². The number of carbonyl (C=O) groups is 2. The zero-order valence-electron chi connectivity index (χ0n) is 13.1. The van der Waals surface area contributed by atoms with Crippen molar-refractivity contribution in [1.82, 2.24) is 10.6 Å². The maximum absolute atomic E-state index is 12.2. The van der Waals surface area contributed by atoms with Crippen molar-refractivity contribution in [2.75, 3.05) is 31.2 Å². The number of rotatable bonds is 4. The standard InChI is InChI=1S/C16H21N3O4/c1-2-5-17-16(21)18-11-8-15(20)19(10-11)12-3-4-13-14(9-12)23-7-6-22-13/h3-4,9,11H,2,5-8,10H2,1H3,(H2,17,18,21)/t11-/m0/s1. The van der Waals surface area contributed by atoms with E-state index in [9.17, 15) is 9.59 Å². The highest BCUT2D eigenvalue weighted by molar-refractivity contribution is 5.97. The fraction of sp³-hybridized carbons (Fsp3) is 0.500. The van der Waals surface area contributed by atoms with E-state index in [0.29, 0.717) is 44.2 Å². The van der Waals surface area contributed by atoms with Gasteiger partial charge in [-0.25, -0.2) is 4.79 Å². The molecule has 0 spiro atoms. The maximum atomic E-state index is 12.2. The topological polar surface area (TPSA) is 79.9 Å². The molecule has 7 heteroatoms. The van der Waals surface area contributed by atoms with Crippen molar-refractivity contribution in [3.8, 4) is 11.5 Å². The molecule has 3 rings (SSSR count). The third kappa shape index (κ3) is 3.49. The Morgan fingerprint density at radius 3 is 2.87 bits per heavy atom. The summed E-state index contributed by atoms with van der Waals surface area (Å²) in [6.07, 6.45) is 1.17. The van der Waals surface area contributed by atoms with Crippen molar-refractivity contribution in [2.45, 2.75) is 25.8 Å². The monoisotopic (exact) mass is 319 g/mol. The Labute approximate surface area is 134 Å². The molecule has 23 heavy (non-hydrogen) atoms. The lowest BCUT2D eigenvalue weighted by atomic mass is 10.2. The van der Waals surface area contributed by atoms with E-state index in [-0.39, 0.29) is 18.0 Å². The Balaban J connectivity index is 1.65. The SMILES string of the molecule is CCCNC(=O)N[C@H]1CC(=O)N(c2ccc3c(c2)OCCO3)C1. The molecule has 3 amide bonds. The zero-order valence-corrected chi connectivity index (χ0v) is 13.1. The van der Waals surface area contributed by atoms with Crippen LogP contribution in [0.3, 0.4) is 0 Å². The quantitative estimate of drug-likeness (QED) is 0.876. The molecule has 1 aromatic rings. The molecule has 2 heterocycles. The molecule has 1 aromatic carbocycles. The van der Waals surface area contributed by atoms with Gasteiger partial charge in [0.15, 0.2) is 11.5 Å². The highest BCUT2D eigenvalue weighted by atomic mass is 16.6. The van der Waals surface area contributed by atoms with E-state index in [4.69, 9.17) is 9.47 Å². The molecule has 2 aliphatic heterocycles. The van der Waals surface area contributed by atoms with Gasteiger partial charge in [0, 0.05) is 31.3 Å². The van der Waals surface area contributed by atoms with Gasteiger partial charge in [0.05, 0.1) is 6.04 Å². The number of urea groups is 1. The van der Waals surface area contributed by atoms with Gasteiger partial charge in [0.2, 0.25) is 5.91 Å². The summed E-state index contributed by atoms with van der Waals surface area (Å²) in [4.78, 5) is 25.6. The number of amides is 3. The van der Waals surface area contributed by atoms with Crippen molar-refractivity contribution in [3.05, 3.63) is 18.2 Å². The Kier molecular flexibility index (Phi) is 4.55. The van der Waals surface area contributed by atoms with Gasteiger partial charge >= 0.3 is 6.03 Å². The summed E-state index contributed by atoms with van der Waals surface area (Å²) in [5.74, 6) is 1.33. The number of nitrogens with zero attached hydrogens (tertiary/aromatic N) is 1. The van der Waals surface area contributed by atoms with Crippen LogP contribution in [0.5, 0.6) is 11.5 Å². The molecule has 0 aromatic heterocycles. The first-order valence-electron chi connectivity index (χ1n) is 7.91. The second-order valence-corrected chi connectivity index (χ2v) is 5.63. The molecule has 1 fully saturated rings. The largest absolute Gasteiger partial charge is 0.486 e. The van der Waals surface area contributed by atoms with Crippen molar-refractivity contribution >= 4 is 17.6 Å². The van der Waals surface area contributed by atoms with E-state index in [0.717, 1.165) is 12.1 Å². The Morgan fingerprint density at radius 1 is 1.30 bits per heavy atom. The van der Waals surface area contributed by atoms with Crippen LogP contribution in [0.4, 0.5) is 10.5 Å². The predicted octanol–water partition coefficient (Wildman–Crippen LogP) is 1.27. The second kappa shape index (κ2) is 6.76. The summed E-state index contributed by atoms with van der Waals surface area (Å²) in [7, 11) is 0. The average Bonchev–Trinajstić information content (AvgIpc) is 2.92. The van der Waals surface area contributed by atoms with E-state index < -0.39 is 0 Å². The van der Waals surface area contributed by atoms with E-state index in [1.807, 2.05) is 25.1 Å². The van der Waals surface area contributed by atoms with Crippen LogP contribution in [0.2, 0.25) is 0 Å². The van der Waals surface area contributed by atoms with E-state index >= 15 is 0 Å². The molecular weight excluding hydrogens is 298 g/mol. The van der Waals surface area contributed by atoms with E-state index in [2.05, 4.69) is 10.6 Å². The van der Waals surface area contributed by atoms with Crippen molar-refractivity contribution in [3.63, 3.8) is 0 Å². The molecule has 0 saturated carbocycles. The minimum atomic E-state index is -0.228. The average molecular weight is 319 g/mol. The summed E-state index contributed by atoms with van der Waals surface area (Å²) in [6.45, 7) is 4.11. The normalized spacial score (nSPS) is 19.6. The zero-order chi connectivity index (χ0) is 16.2. The summed E-state index contributed by atoms with van der Waals surface area (Å²) in [5.41, 5.74) is 0.762. The molecule has 7 nitrogen and oxygen atoms in total. The molecule has 0 unspecified atom stereocenters. The summed E-state index contributed by atoms with van der Waals surface area (Å²) < 4.78 is 11.0. The van der Waals surface area contributed by atoms with Crippen LogP contribution in [0, 0.1) is 0 Å². The van der Waals surface area contributed by atoms with Gasteiger partial charge in [-0.1, -0.05) is 6.92 Å². The number of fused-ring (bicyclic) bond motifs is 1. The lowest BCUT2D eigenvalue weighted by Gasteiger charge is -2.22. The number of hydrogen-bond donors (Lipinski definition) is 2. The number of carbonyl (C=O) groups excluding carboxylic acids is 2. The molecule has 1 saturated heterocycles. The van der Waals surface area contributed by atoms with Gasteiger partial charge in [-0.15, -0.1) is 0 Å². The Hall–Kier alpha value is -2.44. The van der Waals surface area contributed by atoms with E-state index in [1.165, 1.54) is 0 Å². The minimum Gasteiger partial charge on any atom is -0.486 e. The first-order chi connectivity index (χ1) is 11.2. The van der Waals surface area contributed by atoms with Gasteiger partial charge in [0.25, 0.3) is 0 Å². The number of nitrogens with one attached hydrogen (secondary N) is 2. The van der Waals surface area contributed by atoms with E-state index in [1.54, 1.807) is 4.90 Å². The third-order valence-corrected chi connectivity index (χ3v) is 3.83. The van der Waals surface area contributed by atoms with Gasteiger partial charge < -0.3 is 25.0 Å². The number of benzene rings is 1. The molecular formula is C16H21N3O4. The lowest BCUT2D eigenvalue weighted by molar-refractivity contribution is -0.117. The van der Waals surface area contributed by atoms with Gasteiger partial charge in [0.1, 0.15) is 13.2 Å². The van der Waals surface area contributed by atoms with Crippen molar-refractivity contribution in [1.29, 1.82) is 0 Å². The first kappa shape index (κ1) is 15.5. The third-order valence-electron chi connectivity index (χ3n) is 3.83. The number of anilines is 1. The predicted molar refractivity (Wildman–Crippen MR) is 85.0 cm³/mol. The highest BCUT2D eigenvalue weighted by Gasteiger charge is 2.32. The van der Waals surface area contributed by atoms with Crippen LogP contribution in [-0.2, 0) is 4.79 Å². The molecule has 2 aliphatic rings. The molecule has 0 radical (unpaired) electrons.